The van der Waals surface area contributed by atoms with Gasteiger partial charge in [-0.15, -0.1) is 0 Å². The minimum absolute atomic E-state index is 0.00797. The second-order valence-corrected chi connectivity index (χ2v) is 7.17. The number of carbonyl (C=O) groups is 1. The molecule has 31 heavy (non-hydrogen) atoms. The zero-order valence-corrected chi connectivity index (χ0v) is 16.1. The molecule has 1 saturated heterocycles. The van der Waals surface area contributed by atoms with E-state index >= 15 is 0 Å². The first-order chi connectivity index (χ1) is 14.7. The summed E-state index contributed by atoms with van der Waals surface area (Å²) in [7, 11) is 0. The molecular formula is C21H17F4N3O3. The summed E-state index contributed by atoms with van der Waals surface area (Å²) in [6.07, 6.45) is -5.08. The van der Waals surface area contributed by atoms with Crippen LogP contribution in [0.4, 0.5) is 28.2 Å². The highest BCUT2D eigenvalue weighted by Crippen LogP contribution is 2.39. The Labute approximate surface area is 174 Å². The van der Waals surface area contributed by atoms with E-state index in [2.05, 4.69) is 14.7 Å². The number of hydrogen-bond acceptors (Lipinski definition) is 5. The highest BCUT2D eigenvalue weighted by atomic mass is 19.4. The molecule has 2 aromatic carbocycles. The van der Waals surface area contributed by atoms with Gasteiger partial charge in [0, 0.05) is 18.2 Å². The number of aromatic nitrogens is 2. The third kappa shape index (κ3) is 4.37. The number of benzene rings is 2. The molecule has 1 atom stereocenters. The Hall–Kier alpha value is -3.43. The lowest BCUT2D eigenvalue weighted by Crippen LogP contribution is -2.49. The van der Waals surface area contributed by atoms with E-state index in [0.29, 0.717) is 23.9 Å². The van der Waals surface area contributed by atoms with Gasteiger partial charge in [0.25, 0.3) is 0 Å². The van der Waals surface area contributed by atoms with Crippen LogP contribution in [0.2, 0.25) is 0 Å². The Balaban J connectivity index is 1.91. The number of ether oxygens (including phenoxy) is 1. The predicted molar refractivity (Wildman–Crippen MR) is 105 cm³/mol. The third-order valence-electron chi connectivity index (χ3n) is 5.09. The molecule has 0 aliphatic carbocycles. The molecule has 1 aliphatic rings. The van der Waals surface area contributed by atoms with E-state index < -0.39 is 24.2 Å². The molecule has 0 amide bonds. The predicted octanol–water partition coefficient (Wildman–Crippen LogP) is 5.41. The average molecular weight is 435 g/mol. The van der Waals surface area contributed by atoms with Gasteiger partial charge >= 0.3 is 12.3 Å². The largest absolute Gasteiger partial charge is 0.511 e. The molecule has 162 valence electrons. The molecule has 1 aromatic heterocycles. The second kappa shape index (κ2) is 8.01. The van der Waals surface area contributed by atoms with E-state index in [9.17, 15) is 22.4 Å². The first-order valence-electron chi connectivity index (χ1n) is 9.54. The number of nitrogens with zero attached hydrogens (tertiary/aromatic N) is 3. The fourth-order valence-electron chi connectivity index (χ4n) is 3.72. The Morgan fingerprint density at radius 1 is 1.06 bits per heavy atom. The van der Waals surface area contributed by atoms with Crippen molar-refractivity contribution in [2.45, 2.75) is 31.5 Å². The number of halogens is 4. The van der Waals surface area contributed by atoms with Crippen LogP contribution in [0.15, 0.2) is 42.5 Å². The van der Waals surface area contributed by atoms with Crippen LogP contribution in [-0.4, -0.2) is 40.0 Å². The summed E-state index contributed by atoms with van der Waals surface area (Å²) < 4.78 is 59.3. The van der Waals surface area contributed by atoms with Gasteiger partial charge in [0.15, 0.2) is 5.82 Å². The number of fused-ring (bicyclic) bond motifs is 1. The van der Waals surface area contributed by atoms with Crippen LogP contribution in [0.1, 0.15) is 19.3 Å². The number of alkyl halides is 3. The topological polar surface area (TPSA) is 75.6 Å². The van der Waals surface area contributed by atoms with E-state index in [1.54, 1.807) is 0 Å². The van der Waals surface area contributed by atoms with Crippen LogP contribution in [0.3, 0.4) is 0 Å². The van der Waals surface area contributed by atoms with Gasteiger partial charge in [0.1, 0.15) is 23.3 Å². The number of rotatable bonds is 3. The summed E-state index contributed by atoms with van der Waals surface area (Å²) in [5.74, 6) is -0.505. The van der Waals surface area contributed by atoms with Crippen LogP contribution < -0.4 is 9.64 Å². The van der Waals surface area contributed by atoms with Crippen LogP contribution in [-0.2, 0) is 0 Å². The van der Waals surface area contributed by atoms with Crippen molar-refractivity contribution in [2.24, 2.45) is 0 Å². The summed E-state index contributed by atoms with van der Waals surface area (Å²) in [5.41, 5.74) is 1.13. The average Bonchev–Trinajstić information content (AvgIpc) is 2.72. The fourth-order valence-corrected chi connectivity index (χ4v) is 3.72. The molecule has 10 heteroatoms. The van der Waals surface area contributed by atoms with E-state index in [1.807, 2.05) is 0 Å². The number of anilines is 1. The van der Waals surface area contributed by atoms with Gasteiger partial charge in [-0.1, -0.05) is 0 Å². The van der Waals surface area contributed by atoms with Crippen molar-refractivity contribution in [1.82, 2.24) is 9.97 Å². The van der Waals surface area contributed by atoms with Crippen molar-refractivity contribution in [3.8, 4) is 17.0 Å². The van der Waals surface area contributed by atoms with Crippen molar-refractivity contribution in [1.29, 1.82) is 0 Å². The van der Waals surface area contributed by atoms with Crippen LogP contribution >= 0.6 is 0 Å². The van der Waals surface area contributed by atoms with Crippen molar-refractivity contribution >= 4 is 23.0 Å². The zero-order valence-electron chi connectivity index (χ0n) is 16.1. The summed E-state index contributed by atoms with van der Waals surface area (Å²) in [5, 5.41) is 8.81. The molecule has 0 bridgehead atoms. The van der Waals surface area contributed by atoms with Crippen LogP contribution in [0.25, 0.3) is 22.3 Å². The normalized spacial score (nSPS) is 17.0. The molecule has 0 radical (unpaired) electrons. The molecule has 0 saturated carbocycles. The zero-order chi connectivity index (χ0) is 22.2. The lowest BCUT2D eigenvalue weighted by Gasteiger charge is -2.38. The molecule has 1 N–H and O–H groups in total. The summed E-state index contributed by atoms with van der Waals surface area (Å²) in [6, 6.07) is 7.68. The summed E-state index contributed by atoms with van der Waals surface area (Å²) >= 11 is 0. The first-order valence-corrected chi connectivity index (χ1v) is 9.54. The Bertz CT molecular complexity index is 1120. The van der Waals surface area contributed by atoms with Gasteiger partial charge in [0.05, 0.1) is 11.0 Å². The van der Waals surface area contributed by atoms with Gasteiger partial charge in [-0.25, -0.2) is 19.2 Å². The Morgan fingerprint density at radius 3 is 2.48 bits per heavy atom. The second-order valence-electron chi connectivity index (χ2n) is 7.17. The Morgan fingerprint density at radius 2 is 1.81 bits per heavy atom. The molecule has 1 aliphatic heterocycles. The van der Waals surface area contributed by atoms with Gasteiger partial charge in [-0.2, -0.15) is 13.2 Å². The van der Waals surface area contributed by atoms with Gasteiger partial charge in [0.2, 0.25) is 0 Å². The minimum atomic E-state index is -4.47. The third-order valence-corrected chi connectivity index (χ3v) is 5.09. The fraction of sp³-hybridized carbons (Fsp3) is 0.286. The van der Waals surface area contributed by atoms with Gasteiger partial charge in [-0.05, 0) is 55.7 Å². The summed E-state index contributed by atoms with van der Waals surface area (Å²) in [6.45, 7) is 0.129. The molecule has 0 spiro atoms. The molecule has 0 unspecified atom stereocenters. The monoisotopic (exact) mass is 435 g/mol. The van der Waals surface area contributed by atoms with E-state index in [1.165, 1.54) is 47.4 Å². The van der Waals surface area contributed by atoms with Crippen molar-refractivity contribution in [2.75, 3.05) is 11.4 Å². The molecular weight excluding hydrogens is 418 g/mol. The lowest BCUT2D eigenvalue weighted by atomic mass is 10.0. The highest BCUT2D eigenvalue weighted by molar-refractivity contribution is 5.85. The maximum absolute atomic E-state index is 13.8. The van der Waals surface area contributed by atoms with E-state index in [-0.39, 0.29) is 35.7 Å². The van der Waals surface area contributed by atoms with Crippen LogP contribution in [0, 0.1) is 5.82 Å². The maximum Gasteiger partial charge on any atom is 0.511 e. The quantitative estimate of drug-likeness (QED) is 0.337. The number of carboxylic acid groups (broad SMARTS) is 1. The van der Waals surface area contributed by atoms with Crippen LogP contribution in [0.5, 0.6) is 5.75 Å². The van der Waals surface area contributed by atoms with Gasteiger partial charge in [-0.3, -0.25) is 0 Å². The molecule has 2 heterocycles. The van der Waals surface area contributed by atoms with Gasteiger partial charge < -0.3 is 14.7 Å². The molecule has 4 rings (SSSR count). The minimum Gasteiger partial charge on any atom is -0.449 e. The van der Waals surface area contributed by atoms with E-state index in [0.717, 1.165) is 0 Å². The number of hydrogen-bond donors (Lipinski definition) is 1. The smallest absolute Gasteiger partial charge is 0.449 e. The SMILES string of the molecule is O=C(O)Oc1ccc2nc(-c3ccc(F)cc3)c(N3CCCC[C@@H]3C(F)(F)F)nc2c1. The van der Waals surface area contributed by atoms with Crippen molar-refractivity contribution in [3.05, 3.63) is 48.3 Å². The number of piperidine rings is 1. The highest BCUT2D eigenvalue weighted by Gasteiger charge is 2.45. The van der Waals surface area contributed by atoms with E-state index in [4.69, 9.17) is 5.11 Å². The molecule has 3 aromatic rings. The van der Waals surface area contributed by atoms with Crippen molar-refractivity contribution < 1.29 is 32.2 Å². The standard InChI is InChI=1S/C21H17F4N3O3/c22-13-6-4-12(5-7-13)18-19(28-10-2-1-3-17(28)21(23,24)25)27-16-11-14(31-20(29)30)8-9-15(16)26-18/h4-9,11,17H,1-3,10H2,(H,29,30)/t17-/m1/s1. The molecule has 1 fully saturated rings. The summed E-state index contributed by atoms with van der Waals surface area (Å²) in [4.78, 5) is 20.9. The first kappa shape index (κ1) is 20.8. The van der Waals surface area contributed by atoms with Crippen molar-refractivity contribution in [3.63, 3.8) is 0 Å². The Kier molecular flexibility index (Phi) is 5.38. The lowest BCUT2D eigenvalue weighted by molar-refractivity contribution is -0.152. The maximum atomic E-state index is 13.8. The molecule has 6 nitrogen and oxygen atoms in total.